The first kappa shape index (κ1) is 15.5. The van der Waals surface area contributed by atoms with Gasteiger partial charge < -0.3 is 5.32 Å². The highest BCUT2D eigenvalue weighted by atomic mass is 32.1. The average molecular weight is 321 g/mol. The molecule has 116 valence electrons. The number of amides is 1. The third-order valence-corrected chi connectivity index (χ3v) is 4.69. The van der Waals surface area contributed by atoms with Gasteiger partial charge in [0.15, 0.2) is 0 Å². The molecule has 3 rings (SSSR count). The van der Waals surface area contributed by atoms with Crippen molar-refractivity contribution in [2.75, 3.05) is 0 Å². The summed E-state index contributed by atoms with van der Waals surface area (Å²) in [5.41, 5.74) is 3.50. The molecule has 2 nitrogen and oxygen atoms in total. The number of hydrogen-bond acceptors (Lipinski definition) is 2. The van der Waals surface area contributed by atoms with Crippen molar-refractivity contribution in [1.29, 1.82) is 0 Å². The third kappa shape index (κ3) is 4.08. The van der Waals surface area contributed by atoms with Crippen LogP contribution in [0.3, 0.4) is 0 Å². The quantitative estimate of drug-likeness (QED) is 0.716. The van der Waals surface area contributed by atoms with Crippen LogP contribution in [-0.2, 0) is 11.2 Å². The fourth-order valence-corrected chi connectivity index (χ4v) is 3.25. The molecule has 0 saturated heterocycles. The summed E-state index contributed by atoms with van der Waals surface area (Å²) in [5.74, 6) is 0.0621. The van der Waals surface area contributed by atoms with E-state index >= 15 is 0 Å². The van der Waals surface area contributed by atoms with Gasteiger partial charge in [-0.2, -0.15) is 0 Å². The maximum Gasteiger partial charge on any atom is 0.225 e. The summed E-state index contributed by atoms with van der Waals surface area (Å²) in [5, 5.41) is 5.06. The summed E-state index contributed by atoms with van der Waals surface area (Å²) in [6, 6.07) is 22.6. The smallest absolute Gasteiger partial charge is 0.225 e. The SMILES string of the molecule is C[C@H](NC(=O)Cc1cccs1)c1ccc(-c2ccccc2)cc1. The van der Waals surface area contributed by atoms with Gasteiger partial charge in [0.2, 0.25) is 5.91 Å². The van der Waals surface area contributed by atoms with Gasteiger partial charge in [0.25, 0.3) is 0 Å². The van der Waals surface area contributed by atoms with Gasteiger partial charge in [-0.3, -0.25) is 4.79 Å². The molecule has 0 aliphatic heterocycles. The lowest BCUT2D eigenvalue weighted by atomic mass is 10.0. The van der Waals surface area contributed by atoms with Crippen molar-refractivity contribution in [1.82, 2.24) is 5.32 Å². The Bertz CT molecular complexity index is 748. The van der Waals surface area contributed by atoms with Gasteiger partial charge in [0, 0.05) is 4.88 Å². The van der Waals surface area contributed by atoms with Crippen LogP contribution in [0, 0.1) is 0 Å². The lowest BCUT2D eigenvalue weighted by Gasteiger charge is -2.14. The predicted molar refractivity (Wildman–Crippen MR) is 96.5 cm³/mol. The number of nitrogens with one attached hydrogen (secondary N) is 1. The second-order valence-electron chi connectivity index (χ2n) is 5.53. The molecule has 0 bridgehead atoms. The summed E-state index contributed by atoms with van der Waals surface area (Å²) in [4.78, 5) is 13.2. The summed E-state index contributed by atoms with van der Waals surface area (Å²) in [7, 11) is 0. The molecule has 0 fully saturated rings. The maximum absolute atomic E-state index is 12.1. The zero-order valence-corrected chi connectivity index (χ0v) is 13.8. The van der Waals surface area contributed by atoms with Gasteiger partial charge in [-0.05, 0) is 35.1 Å². The molecule has 0 radical (unpaired) electrons. The van der Waals surface area contributed by atoms with E-state index in [9.17, 15) is 4.79 Å². The van der Waals surface area contributed by atoms with Crippen LogP contribution in [0.5, 0.6) is 0 Å². The standard InChI is InChI=1S/C20H19NOS/c1-15(21-20(22)14-19-8-5-13-23-19)16-9-11-18(12-10-16)17-6-3-2-4-7-17/h2-13,15H,14H2,1H3,(H,21,22)/t15-/m0/s1. The van der Waals surface area contributed by atoms with Crippen LogP contribution in [0.25, 0.3) is 11.1 Å². The molecule has 1 N–H and O–H groups in total. The molecule has 23 heavy (non-hydrogen) atoms. The number of hydrogen-bond donors (Lipinski definition) is 1. The van der Waals surface area contributed by atoms with Crippen molar-refractivity contribution in [2.24, 2.45) is 0 Å². The molecule has 1 atom stereocenters. The highest BCUT2D eigenvalue weighted by molar-refractivity contribution is 7.10. The van der Waals surface area contributed by atoms with E-state index in [1.165, 1.54) is 11.1 Å². The molecule has 3 aromatic rings. The molecular formula is C20H19NOS. The van der Waals surface area contributed by atoms with Crippen LogP contribution < -0.4 is 5.32 Å². The van der Waals surface area contributed by atoms with Crippen molar-refractivity contribution in [3.05, 3.63) is 82.6 Å². The Morgan fingerprint density at radius 3 is 2.30 bits per heavy atom. The Balaban J connectivity index is 1.63. The van der Waals surface area contributed by atoms with E-state index in [2.05, 4.69) is 41.7 Å². The van der Waals surface area contributed by atoms with Gasteiger partial charge in [-0.15, -0.1) is 11.3 Å². The van der Waals surface area contributed by atoms with E-state index in [0.29, 0.717) is 6.42 Å². The molecule has 1 amide bonds. The second-order valence-corrected chi connectivity index (χ2v) is 6.57. The maximum atomic E-state index is 12.1. The first-order chi connectivity index (χ1) is 11.2. The fraction of sp³-hybridized carbons (Fsp3) is 0.150. The monoisotopic (exact) mass is 321 g/mol. The molecule has 0 aliphatic rings. The van der Waals surface area contributed by atoms with Gasteiger partial charge in [0.1, 0.15) is 0 Å². The van der Waals surface area contributed by atoms with Crippen LogP contribution in [0.15, 0.2) is 72.1 Å². The van der Waals surface area contributed by atoms with Crippen LogP contribution in [0.1, 0.15) is 23.4 Å². The Morgan fingerprint density at radius 1 is 0.957 bits per heavy atom. The van der Waals surface area contributed by atoms with Crippen molar-refractivity contribution >= 4 is 17.2 Å². The Kier molecular flexibility index (Phi) is 4.89. The third-order valence-electron chi connectivity index (χ3n) is 3.81. The molecule has 0 aliphatic carbocycles. The topological polar surface area (TPSA) is 29.1 Å². The Morgan fingerprint density at radius 2 is 1.65 bits per heavy atom. The molecule has 0 unspecified atom stereocenters. The van der Waals surface area contributed by atoms with E-state index < -0.39 is 0 Å². The fourth-order valence-electron chi connectivity index (χ4n) is 2.54. The summed E-state index contributed by atoms with van der Waals surface area (Å²) in [6.45, 7) is 2.02. The van der Waals surface area contributed by atoms with Crippen molar-refractivity contribution in [3.63, 3.8) is 0 Å². The zero-order chi connectivity index (χ0) is 16.1. The van der Waals surface area contributed by atoms with Gasteiger partial charge in [-0.25, -0.2) is 0 Å². The van der Waals surface area contributed by atoms with Crippen molar-refractivity contribution in [2.45, 2.75) is 19.4 Å². The minimum atomic E-state index is 0.00675. The lowest BCUT2D eigenvalue weighted by molar-refractivity contribution is -0.121. The molecule has 3 heteroatoms. The molecule has 1 aromatic heterocycles. The minimum absolute atomic E-state index is 0.00675. The molecule has 1 heterocycles. The summed E-state index contributed by atoms with van der Waals surface area (Å²) < 4.78 is 0. The number of carbonyl (C=O) groups is 1. The number of benzene rings is 2. The lowest BCUT2D eigenvalue weighted by Crippen LogP contribution is -2.27. The highest BCUT2D eigenvalue weighted by Gasteiger charge is 2.10. The molecular weight excluding hydrogens is 302 g/mol. The van der Waals surface area contributed by atoms with Crippen LogP contribution in [0.4, 0.5) is 0 Å². The largest absolute Gasteiger partial charge is 0.349 e. The summed E-state index contributed by atoms with van der Waals surface area (Å²) >= 11 is 1.61. The Labute approximate surface area is 140 Å². The van der Waals surface area contributed by atoms with Gasteiger partial charge in [-0.1, -0.05) is 60.7 Å². The number of rotatable bonds is 5. The van der Waals surface area contributed by atoms with E-state index in [-0.39, 0.29) is 11.9 Å². The zero-order valence-electron chi connectivity index (χ0n) is 13.0. The molecule has 0 spiro atoms. The first-order valence-corrected chi connectivity index (χ1v) is 8.57. The van der Waals surface area contributed by atoms with E-state index in [0.717, 1.165) is 10.4 Å². The van der Waals surface area contributed by atoms with Crippen LogP contribution in [0.2, 0.25) is 0 Å². The first-order valence-electron chi connectivity index (χ1n) is 7.69. The average Bonchev–Trinajstić information content (AvgIpc) is 3.08. The van der Waals surface area contributed by atoms with Crippen LogP contribution in [-0.4, -0.2) is 5.91 Å². The van der Waals surface area contributed by atoms with Crippen molar-refractivity contribution in [3.8, 4) is 11.1 Å². The number of thiophene rings is 1. The van der Waals surface area contributed by atoms with E-state index in [1.807, 2.05) is 42.6 Å². The summed E-state index contributed by atoms with van der Waals surface area (Å²) in [6.07, 6.45) is 0.449. The highest BCUT2D eigenvalue weighted by Crippen LogP contribution is 2.22. The second kappa shape index (κ2) is 7.25. The normalized spacial score (nSPS) is 11.9. The minimum Gasteiger partial charge on any atom is -0.349 e. The predicted octanol–water partition coefficient (Wildman–Crippen LogP) is 4.84. The molecule has 0 saturated carbocycles. The van der Waals surface area contributed by atoms with E-state index in [1.54, 1.807) is 11.3 Å². The molecule has 2 aromatic carbocycles. The van der Waals surface area contributed by atoms with Crippen molar-refractivity contribution < 1.29 is 4.79 Å². The van der Waals surface area contributed by atoms with Gasteiger partial charge >= 0.3 is 0 Å². The van der Waals surface area contributed by atoms with E-state index in [4.69, 9.17) is 0 Å². The Hall–Kier alpha value is -2.39. The number of carbonyl (C=O) groups excluding carboxylic acids is 1. The van der Waals surface area contributed by atoms with Gasteiger partial charge in [0.05, 0.1) is 12.5 Å². The van der Waals surface area contributed by atoms with Crippen LogP contribution >= 0.6 is 11.3 Å².